The number of halogens is 1. The van der Waals surface area contributed by atoms with Gasteiger partial charge < -0.3 is 5.32 Å². The van der Waals surface area contributed by atoms with E-state index in [1.54, 1.807) is 30.5 Å². The molecule has 4 rings (SSSR count). The zero-order chi connectivity index (χ0) is 22.5. The molecule has 32 heavy (non-hydrogen) atoms. The van der Waals surface area contributed by atoms with Crippen LogP contribution in [0.2, 0.25) is 0 Å². The van der Waals surface area contributed by atoms with Crippen molar-refractivity contribution in [2.45, 2.75) is 38.0 Å². The fourth-order valence-electron chi connectivity index (χ4n) is 4.89. The second kappa shape index (κ2) is 9.74. The molecule has 1 aliphatic rings. The lowest BCUT2D eigenvalue weighted by atomic mass is 9.72. The fourth-order valence-corrected chi connectivity index (χ4v) is 4.89. The molecule has 0 aliphatic heterocycles. The molecule has 4 nitrogen and oxygen atoms in total. The molecule has 1 aliphatic carbocycles. The summed E-state index contributed by atoms with van der Waals surface area (Å²) in [6.07, 6.45) is 8.09. The van der Waals surface area contributed by atoms with Gasteiger partial charge in [0.25, 0.3) is 0 Å². The van der Waals surface area contributed by atoms with Crippen LogP contribution in [0.15, 0.2) is 67.4 Å². The Hall–Kier alpha value is -3.52. The number of nitrogens with zero attached hydrogens (tertiary/aromatic N) is 2. The summed E-state index contributed by atoms with van der Waals surface area (Å²) < 4.78 is 13.6. The molecule has 1 fully saturated rings. The Kier molecular flexibility index (Phi) is 6.61. The minimum atomic E-state index is -0.272. The van der Waals surface area contributed by atoms with Crippen molar-refractivity contribution in [2.75, 3.05) is 5.32 Å². The molecule has 1 aromatic heterocycles. The SMILES string of the molecule is C=CCC(C(=O)Nc1ccc(C#N)cc1)C1CCC(c2ccnc3cc(F)ccc23)CC1. The number of rotatable bonds is 6. The molecular formula is C27H26FN3O. The topological polar surface area (TPSA) is 65.8 Å². The average molecular weight is 428 g/mol. The van der Waals surface area contributed by atoms with Crippen LogP contribution < -0.4 is 5.32 Å². The Labute approximate surface area is 187 Å². The summed E-state index contributed by atoms with van der Waals surface area (Å²) in [6, 6.07) is 15.9. The smallest absolute Gasteiger partial charge is 0.228 e. The van der Waals surface area contributed by atoms with E-state index in [2.05, 4.69) is 22.9 Å². The number of anilines is 1. The molecule has 1 heterocycles. The number of aromatic nitrogens is 1. The standard InChI is InChI=1S/C27H26FN3O/c1-2-3-24(27(32)31-22-11-4-18(17-29)5-12-22)20-8-6-19(7-9-20)23-14-15-30-26-16-21(28)10-13-25(23)26/h2,4-5,10-16,19-20,24H,1,3,6-9H2,(H,31,32). The third-order valence-electron chi connectivity index (χ3n) is 6.56. The predicted octanol–water partition coefficient (Wildman–Crippen LogP) is 6.35. The van der Waals surface area contributed by atoms with Gasteiger partial charge in [0.05, 0.1) is 17.1 Å². The second-order valence-corrected chi connectivity index (χ2v) is 8.48. The molecule has 1 amide bonds. The van der Waals surface area contributed by atoms with E-state index in [4.69, 9.17) is 5.26 Å². The van der Waals surface area contributed by atoms with Gasteiger partial charge in [-0.05, 0) is 92.0 Å². The van der Waals surface area contributed by atoms with Crippen LogP contribution in [-0.2, 0) is 4.79 Å². The van der Waals surface area contributed by atoms with E-state index in [-0.39, 0.29) is 23.6 Å². The minimum Gasteiger partial charge on any atom is -0.326 e. The summed E-state index contributed by atoms with van der Waals surface area (Å²) in [5.74, 6) is 0.267. The highest BCUT2D eigenvalue weighted by molar-refractivity contribution is 5.93. The zero-order valence-electron chi connectivity index (χ0n) is 17.9. The number of hydrogen-bond acceptors (Lipinski definition) is 3. The van der Waals surface area contributed by atoms with E-state index < -0.39 is 0 Å². The van der Waals surface area contributed by atoms with Crippen molar-refractivity contribution in [3.8, 4) is 6.07 Å². The van der Waals surface area contributed by atoms with Gasteiger partial charge in [-0.15, -0.1) is 6.58 Å². The summed E-state index contributed by atoms with van der Waals surface area (Å²) in [5, 5.41) is 13.0. The van der Waals surface area contributed by atoms with Crippen molar-refractivity contribution in [1.29, 1.82) is 5.26 Å². The maximum absolute atomic E-state index is 13.6. The third-order valence-corrected chi connectivity index (χ3v) is 6.56. The van der Waals surface area contributed by atoms with E-state index in [1.165, 1.54) is 17.7 Å². The second-order valence-electron chi connectivity index (χ2n) is 8.48. The maximum atomic E-state index is 13.6. The summed E-state index contributed by atoms with van der Waals surface area (Å²) in [5.41, 5.74) is 3.18. The normalized spacial score (nSPS) is 19.1. The molecule has 3 aromatic rings. The lowest BCUT2D eigenvalue weighted by Crippen LogP contribution is -2.31. The number of carbonyl (C=O) groups excluding carboxylic acids is 1. The van der Waals surface area contributed by atoms with Gasteiger partial charge in [0.15, 0.2) is 0 Å². The van der Waals surface area contributed by atoms with Crippen LogP contribution in [0.1, 0.15) is 49.1 Å². The zero-order valence-corrected chi connectivity index (χ0v) is 17.9. The largest absolute Gasteiger partial charge is 0.326 e. The van der Waals surface area contributed by atoms with Crippen molar-refractivity contribution >= 4 is 22.5 Å². The highest BCUT2D eigenvalue weighted by Gasteiger charge is 2.32. The van der Waals surface area contributed by atoms with Gasteiger partial charge >= 0.3 is 0 Å². The van der Waals surface area contributed by atoms with Gasteiger partial charge in [0.2, 0.25) is 5.91 Å². The minimum absolute atomic E-state index is 0.00268. The number of hydrogen-bond donors (Lipinski definition) is 1. The van der Waals surface area contributed by atoms with Crippen molar-refractivity contribution in [1.82, 2.24) is 4.98 Å². The average Bonchev–Trinajstić information content (AvgIpc) is 2.82. The van der Waals surface area contributed by atoms with Gasteiger partial charge in [0, 0.05) is 29.3 Å². The molecule has 1 unspecified atom stereocenters. The predicted molar refractivity (Wildman–Crippen MR) is 124 cm³/mol. The molecular weight excluding hydrogens is 401 g/mol. The number of carbonyl (C=O) groups is 1. The number of benzene rings is 2. The summed E-state index contributed by atoms with van der Waals surface area (Å²) in [7, 11) is 0. The maximum Gasteiger partial charge on any atom is 0.228 e. The van der Waals surface area contributed by atoms with Crippen molar-refractivity contribution in [3.05, 3.63) is 84.3 Å². The third kappa shape index (κ3) is 4.70. The summed E-state index contributed by atoms with van der Waals surface area (Å²) in [4.78, 5) is 17.4. The number of allylic oxidation sites excluding steroid dienone is 1. The van der Waals surface area contributed by atoms with Crippen LogP contribution in [0.5, 0.6) is 0 Å². The van der Waals surface area contributed by atoms with Crippen LogP contribution in [0.3, 0.4) is 0 Å². The summed E-state index contributed by atoms with van der Waals surface area (Å²) >= 11 is 0. The first kappa shape index (κ1) is 21.7. The van der Waals surface area contributed by atoms with Gasteiger partial charge in [0.1, 0.15) is 5.82 Å². The van der Waals surface area contributed by atoms with Crippen LogP contribution >= 0.6 is 0 Å². The Morgan fingerprint density at radius 1 is 1.19 bits per heavy atom. The highest BCUT2D eigenvalue weighted by atomic mass is 19.1. The van der Waals surface area contributed by atoms with Gasteiger partial charge in [-0.25, -0.2) is 4.39 Å². The molecule has 0 radical (unpaired) electrons. The number of amides is 1. The molecule has 2 aromatic carbocycles. The van der Waals surface area contributed by atoms with E-state index in [0.29, 0.717) is 29.1 Å². The lowest BCUT2D eigenvalue weighted by Gasteiger charge is -2.33. The molecule has 0 spiro atoms. The molecule has 1 atom stereocenters. The quantitative estimate of drug-likeness (QED) is 0.466. The number of fused-ring (bicyclic) bond motifs is 1. The van der Waals surface area contributed by atoms with Crippen LogP contribution in [0.25, 0.3) is 10.9 Å². The first-order valence-corrected chi connectivity index (χ1v) is 11.0. The highest BCUT2D eigenvalue weighted by Crippen LogP contribution is 2.41. The fraction of sp³-hybridized carbons (Fsp3) is 0.296. The monoisotopic (exact) mass is 427 g/mol. The molecule has 0 saturated heterocycles. The van der Waals surface area contributed by atoms with Gasteiger partial charge in [-0.3, -0.25) is 9.78 Å². The van der Waals surface area contributed by atoms with Crippen LogP contribution in [-0.4, -0.2) is 10.9 Å². The Bertz CT molecular complexity index is 1160. The number of nitrogens with one attached hydrogen (secondary N) is 1. The molecule has 5 heteroatoms. The van der Waals surface area contributed by atoms with E-state index >= 15 is 0 Å². The first-order valence-electron chi connectivity index (χ1n) is 11.0. The van der Waals surface area contributed by atoms with E-state index in [0.717, 1.165) is 31.1 Å². The Morgan fingerprint density at radius 3 is 2.62 bits per heavy atom. The molecule has 0 bridgehead atoms. The Morgan fingerprint density at radius 2 is 1.94 bits per heavy atom. The van der Waals surface area contributed by atoms with Gasteiger partial charge in [-0.2, -0.15) is 5.26 Å². The number of pyridine rings is 1. The first-order chi connectivity index (χ1) is 15.6. The van der Waals surface area contributed by atoms with Crippen molar-refractivity contribution < 1.29 is 9.18 Å². The molecule has 1 saturated carbocycles. The lowest BCUT2D eigenvalue weighted by molar-refractivity contribution is -0.121. The Balaban J connectivity index is 1.44. The summed E-state index contributed by atoms with van der Waals surface area (Å²) in [6.45, 7) is 3.86. The number of nitriles is 1. The van der Waals surface area contributed by atoms with Crippen molar-refractivity contribution in [2.24, 2.45) is 11.8 Å². The molecule has 162 valence electrons. The van der Waals surface area contributed by atoms with Crippen LogP contribution in [0.4, 0.5) is 10.1 Å². The van der Waals surface area contributed by atoms with E-state index in [9.17, 15) is 9.18 Å². The molecule has 1 N–H and O–H groups in total. The van der Waals surface area contributed by atoms with E-state index in [1.807, 2.05) is 18.2 Å². The van der Waals surface area contributed by atoms with Gasteiger partial charge in [-0.1, -0.05) is 6.08 Å². The van der Waals surface area contributed by atoms with Crippen LogP contribution in [0, 0.1) is 29.0 Å². The van der Waals surface area contributed by atoms with Crippen molar-refractivity contribution in [3.63, 3.8) is 0 Å².